The summed E-state index contributed by atoms with van der Waals surface area (Å²) in [6, 6.07) is 10.6. The van der Waals surface area contributed by atoms with Crippen LogP contribution in [0.4, 0.5) is 0 Å². The van der Waals surface area contributed by atoms with E-state index < -0.39 is 0 Å². The highest BCUT2D eigenvalue weighted by atomic mass is 127. The minimum atomic E-state index is -0.125. The number of guanidine groups is 1. The van der Waals surface area contributed by atoms with Crippen molar-refractivity contribution in [2.24, 2.45) is 10.4 Å². The van der Waals surface area contributed by atoms with Crippen LogP contribution in [0.3, 0.4) is 0 Å². The molecule has 0 aromatic heterocycles. The average molecular weight is 485 g/mol. The quantitative estimate of drug-likeness (QED) is 0.382. The van der Waals surface area contributed by atoms with Gasteiger partial charge < -0.3 is 20.1 Å². The predicted octanol–water partition coefficient (Wildman–Crippen LogP) is 3.15. The molecule has 5 nitrogen and oxygen atoms in total. The summed E-state index contributed by atoms with van der Waals surface area (Å²) in [6.07, 6.45) is 5.09. The second-order valence-corrected chi connectivity index (χ2v) is 7.23. The van der Waals surface area contributed by atoms with Crippen LogP contribution in [0.5, 0.6) is 0 Å². The van der Waals surface area contributed by atoms with Crippen molar-refractivity contribution < 1.29 is 9.84 Å². The number of rotatable bonds is 5. The number of nitrogens with zero attached hydrogens (tertiary/aromatic N) is 2. The lowest BCUT2D eigenvalue weighted by molar-refractivity contribution is -0.0107. The van der Waals surface area contributed by atoms with Gasteiger partial charge in [-0.3, -0.25) is 4.99 Å². The van der Waals surface area contributed by atoms with Crippen LogP contribution >= 0.6 is 24.0 Å². The van der Waals surface area contributed by atoms with E-state index in [0.717, 1.165) is 58.1 Å². The van der Waals surface area contributed by atoms with Crippen molar-refractivity contribution in [3.63, 3.8) is 0 Å². The number of ether oxygens (including phenoxy) is 1. The van der Waals surface area contributed by atoms with Gasteiger partial charge in [0.15, 0.2) is 5.96 Å². The molecule has 0 bridgehead atoms. The Morgan fingerprint density at radius 1 is 1.26 bits per heavy atom. The van der Waals surface area contributed by atoms with Crippen molar-refractivity contribution in [1.29, 1.82) is 0 Å². The maximum Gasteiger partial charge on any atom is 0.194 e. The first-order valence-electron chi connectivity index (χ1n) is 9.73. The van der Waals surface area contributed by atoms with Crippen LogP contribution in [0.2, 0.25) is 0 Å². The fourth-order valence-corrected chi connectivity index (χ4v) is 3.61. The number of hydrogen-bond acceptors (Lipinski definition) is 3. The van der Waals surface area contributed by atoms with E-state index in [1.54, 1.807) is 0 Å². The first-order chi connectivity index (χ1) is 12.8. The van der Waals surface area contributed by atoms with E-state index in [4.69, 9.17) is 9.73 Å². The molecule has 0 radical (unpaired) electrons. The molecule has 2 heterocycles. The molecule has 2 aliphatic heterocycles. The molecule has 1 saturated heterocycles. The molecular weight excluding hydrogens is 453 g/mol. The molecular formula is C21H32IN3O2. The van der Waals surface area contributed by atoms with Crippen molar-refractivity contribution in [2.75, 3.05) is 46.0 Å². The summed E-state index contributed by atoms with van der Waals surface area (Å²) in [5, 5.41) is 13.3. The van der Waals surface area contributed by atoms with Crippen molar-refractivity contribution in [1.82, 2.24) is 10.2 Å². The molecule has 0 spiro atoms. The normalized spacial score (nSPS) is 19.9. The topological polar surface area (TPSA) is 57.1 Å². The fraction of sp³-hybridized carbons (Fsp3) is 0.571. The first kappa shape index (κ1) is 22.2. The third-order valence-corrected chi connectivity index (χ3v) is 5.44. The second-order valence-electron chi connectivity index (χ2n) is 7.23. The highest BCUT2D eigenvalue weighted by molar-refractivity contribution is 14.0. The van der Waals surface area contributed by atoms with Crippen LogP contribution in [0.1, 0.15) is 31.7 Å². The molecule has 0 amide bonds. The van der Waals surface area contributed by atoms with Gasteiger partial charge in [-0.25, -0.2) is 0 Å². The summed E-state index contributed by atoms with van der Waals surface area (Å²) in [7, 11) is 0. The maximum absolute atomic E-state index is 9.89. The molecule has 0 atom stereocenters. The van der Waals surface area contributed by atoms with Crippen LogP contribution in [0.25, 0.3) is 5.57 Å². The van der Waals surface area contributed by atoms with Gasteiger partial charge >= 0.3 is 0 Å². The molecule has 0 aliphatic carbocycles. The lowest BCUT2D eigenvalue weighted by Gasteiger charge is -2.35. The molecule has 2 aliphatic rings. The molecule has 2 N–H and O–H groups in total. The molecule has 1 aromatic carbocycles. The number of halogens is 1. The van der Waals surface area contributed by atoms with E-state index in [0.29, 0.717) is 6.54 Å². The van der Waals surface area contributed by atoms with Crippen LogP contribution in [-0.2, 0) is 4.74 Å². The Morgan fingerprint density at radius 2 is 2.00 bits per heavy atom. The minimum absolute atomic E-state index is 0. The van der Waals surface area contributed by atoms with E-state index in [-0.39, 0.29) is 36.0 Å². The van der Waals surface area contributed by atoms with Crippen molar-refractivity contribution in [2.45, 2.75) is 26.2 Å². The minimum Gasteiger partial charge on any atom is -0.396 e. The molecule has 0 saturated carbocycles. The molecule has 1 aromatic rings. The second kappa shape index (κ2) is 11.0. The van der Waals surface area contributed by atoms with Crippen molar-refractivity contribution in [3.8, 4) is 0 Å². The highest BCUT2D eigenvalue weighted by Gasteiger charge is 2.32. The summed E-state index contributed by atoms with van der Waals surface area (Å²) in [4.78, 5) is 7.19. The SMILES string of the molecule is CCNC(=NCC1(CO)CCOCC1)N1CC=C(c2ccccc2)CC1.I. The van der Waals surface area contributed by atoms with E-state index in [1.165, 1.54) is 11.1 Å². The van der Waals surface area contributed by atoms with Gasteiger partial charge in [-0.05, 0) is 37.3 Å². The zero-order valence-corrected chi connectivity index (χ0v) is 18.5. The van der Waals surface area contributed by atoms with Gasteiger partial charge in [-0.2, -0.15) is 0 Å². The standard InChI is InChI=1S/C21H31N3O2.HI/c1-2-22-20(23-16-21(17-25)10-14-26-15-11-21)24-12-8-19(9-13-24)18-6-4-3-5-7-18;/h3-8,25H,2,9-17H2,1H3,(H,22,23);1H. The summed E-state index contributed by atoms with van der Waals surface area (Å²) in [6.45, 7) is 7.05. The fourth-order valence-electron chi connectivity index (χ4n) is 3.61. The third kappa shape index (κ3) is 5.93. The Kier molecular flexibility index (Phi) is 9.05. The van der Waals surface area contributed by atoms with Crippen molar-refractivity contribution >= 4 is 35.5 Å². The Morgan fingerprint density at radius 3 is 2.59 bits per heavy atom. The summed E-state index contributed by atoms with van der Waals surface area (Å²) < 4.78 is 5.46. The molecule has 27 heavy (non-hydrogen) atoms. The largest absolute Gasteiger partial charge is 0.396 e. The molecule has 3 rings (SSSR count). The molecule has 0 unspecified atom stereocenters. The Labute approximate surface area is 179 Å². The van der Waals surface area contributed by atoms with E-state index in [2.05, 4.69) is 53.5 Å². The van der Waals surface area contributed by atoms with Gasteiger partial charge in [0, 0.05) is 38.3 Å². The molecule has 1 fully saturated rings. The molecule has 150 valence electrons. The highest BCUT2D eigenvalue weighted by Crippen LogP contribution is 2.30. The summed E-state index contributed by atoms with van der Waals surface area (Å²) >= 11 is 0. The number of nitrogens with one attached hydrogen (secondary N) is 1. The van der Waals surface area contributed by atoms with Crippen molar-refractivity contribution in [3.05, 3.63) is 42.0 Å². The zero-order chi connectivity index (χ0) is 18.2. The van der Waals surface area contributed by atoms with Crippen LogP contribution in [0.15, 0.2) is 41.4 Å². The van der Waals surface area contributed by atoms with Gasteiger partial charge in [0.2, 0.25) is 0 Å². The van der Waals surface area contributed by atoms with Crippen LogP contribution < -0.4 is 5.32 Å². The number of hydrogen-bond donors (Lipinski definition) is 2. The number of aliphatic imine (C=N–C) groups is 1. The third-order valence-electron chi connectivity index (χ3n) is 5.44. The van der Waals surface area contributed by atoms with Gasteiger partial charge in [0.1, 0.15) is 0 Å². The lowest BCUT2D eigenvalue weighted by atomic mass is 9.81. The van der Waals surface area contributed by atoms with Gasteiger partial charge in [0.25, 0.3) is 0 Å². The Bertz CT molecular complexity index is 628. The average Bonchev–Trinajstić information content (AvgIpc) is 2.72. The monoisotopic (exact) mass is 485 g/mol. The number of benzene rings is 1. The first-order valence-corrected chi connectivity index (χ1v) is 9.73. The van der Waals surface area contributed by atoms with E-state index >= 15 is 0 Å². The van der Waals surface area contributed by atoms with Crippen LogP contribution in [-0.4, -0.2) is 62.0 Å². The van der Waals surface area contributed by atoms with E-state index in [1.807, 2.05) is 0 Å². The van der Waals surface area contributed by atoms with E-state index in [9.17, 15) is 5.11 Å². The lowest BCUT2D eigenvalue weighted by Crippen LogP contribution is -2.45. The summed E-state index contributed by atoms with van der Waals surface area (Å²) in [5.41, 5.74) is 2.60. The molecule has 6 heteroatoms. The van der Waals surface area contributed by atoms with Crippen LogP contribution in [0, 0.1) is 5.41 Å². The Balaban J connectivity index is 0.00000261. The number of aliphatic hydroxyl groups is 1. The summed E-state index contributed by atoms with van der Waals surface area (Å²) in [5.74, 6) is 0.954. The Hall–Kier alpha value is -1.12. The van der Waals surface area contributed by atoms with Gasteiger partial charge in [-0.15, -0.1) is 24.0 Å². The number of aliphatic hydroxyl groups excluding tert-OH is 1. The zero-order valence-electron chi connectivity index (χ0n) is 16.2. The smallest absolute Gasteiger partial charge is 0.194 e. The maximum atomic E-state index is 9.89. The van der Waals surface area contributed by atoms with Gasteiger partial charge in [0.05, 0.1) is 13.2 Å². The predicted molar refractivity (Wildman–Crippen MR) is 122 cm³/mol. The van der Waals surface area contributed by atoms with Gasteiger partial charge in [-0.1, -0.05) is 36.4 Å².